The molecule has 0 aliphatic heterocycles. The van der Waals surface area contributed by atoms with Crippen molar-refractivity contribution < 1.29 is 9.53 Å². The van der Waals surface area contributed by atoms with Gasteiger partial charge in [0.2, 0.25) is 0 Å². The van der Waals surface area contributed by atoms with Crippen molar-refractivity contribution in [3.05, 3.63) is 42.0 Å². The standard InChI is InChI=1S/C17H18N2O2/c1-2-21-17(20)8-5-11-19-16-10-9-13(12-18)14-6-3-4-7-15(14)16/h3-4,6-7,9-10,19H,2,5,8,11H2,1H3. The number of hydrogen-bond donors (Lipinski definition) is 1. The summed E-state index contributed by atoms with van der Waals surface area (Å²) in [6.07, 6.45) is 1.13. The molecule has 0 saturated heterocycles. The number of fused-ring (bicyclic) bond motifs is 1. The van der Waals surface area contributed by atoms with Gasteiger partial charge in [-0.25, -0.2) is 0 Å². The Hall–Kier alpha value is -2.54. The molecule has 1 N–H and O–H groups in total. The van der Waals surface area contributed by atoms with E-state index in [0.29, 0.717) is 31.6 Å². The Labute approximate surface area is 124 Å². The molecule has 0 aliphatic rings. The number of carbonyl (C=O) groups excluding carboxylic acids is 1. The van der Waals surface area contributed by atoms with Gasteiger partial charge in [-0.1, -0.05) is 24.3 Å². The van der Waals surface area contributed by atoms with Crippen LogP contribution in [-0.2, 0) is 9.53 Å². The second-order valence-electron chi connectivity index (χ2n) is 4.65. The number of nitrogens with one attached hydrogen (secondary N) is 1. The average Bonchev–Trinajstić information content (AvgIpc) is 2.51. The molecule has 4 heteroatoms. The van der Waals surface area contributed by atoms with Gasteiger partial charge < -0.3 is 10.1 Å². The van der Waals surface area contributed by atoms with Crippen LogP contribution in [0.25, 0.3) is 10.8 Å². The van der Waals surface area contributed by atoms with E-state index >= 15 is 0 Å². The molecule has 0 radical (unpaired) electrons. The maximum atomic E-state index is 11.3. The minimum absolute atomic E-state index is 0.163. The summed E-state index contributed by atoms with van der Waals surface area (Å²) in [5.74, 6) is -0.163. The van der Waals surface area contributed by atoms with Crippen LogP contribution in [0.2, 0.25) is 0 Å². The highest BCUT2D eigenvalue weighted by molar-refractivity contribution is 5.97. The number of carbonyl (C=O) groups is 1. The van der Waals surface area contributed by atoms with Crippen LogP contribution in [0.4, 0.5) is 5.69 Å². The van der Waals surface area contributed by atoms with Gasteiger partial charge in [0, 0.05) is 29.4 Å². The zero-order valence-electron chi connectivity index (χ0n) is 12.1. The van der Waals surface area contributed by atoms with Crippen LogP contribution in [0.1, 0.15) is 25.3 Å². The molecule has 21 heavy (non-hydrogen) atoms. The van der Waals surface area contributed by atoms with Crippen molar-refractivity contribution >= 4 is 22.4 Å². The quantitative estimate of drug-likeness (QED) is 0.651. The van der Waals surface area contributed by atoms with Crippen LogP contribution in [0.3, 0.4) is 0 Å². The molecule has 0 spiro atoms. The minimum Gasteiger partial charge on any atom is -0.466 e. The summed E-state index contributed by atoms with van der Waals surface area (Å²) in [7, 11) is 0. The third kappa shape index (κ3) is 3.73. The van der Waals surface area contributed by atoms with Crippen molar-refractivity contribution in [2.45, 2.75) is 19.8 Å². The monoisotopic (exact) mass is 282 g/mol. The summed E-state index contributed by atoms with van der Waals surface area (Å²) in [6.45, 7) is 2.92. The van der Waals surface area contributed by atoms with E-state index in [1.165, 1.54) is 0 Å². The fourth-order valence-electron chi connectivity index (χ4n) is 2.24. The number of rotatable bonds is 6. The van der Waals surface area contributed by atoms with E-state index in [4.69, 9.17) is 10.00 Å². The predicted molar refractivity (Wildman–Crippen MR) is 83.0 cm³/mol. The fourth-order valence-corrected chi connectivity index (χ4v) is 2.24. The third-order valence-electron chi connectivity index (χ3n) is 3.22. The van der Waals surface area contributed by atoms with Crippen molar-refractivity contribution in [1.82, 2.24) is 0 Å². The van der Waals surface area contributed by atoms with E-state index in [0.717, 1.165) is 16.5 Å². The van der Waals surface area contributed by atoms with Gasteiger partial charge in [0.15, 0.2) is 0 Å². The van der Waals surface area contributed by atoms with Crippen molar-refractivity contribution in [3.63, 3.8) is 0 Å². The molecule has 0 amide bonds. The molecular weight excluding hydrogens is 264 g/mol. The molecule has 2 aromatic rings. The first-order chi connectivity index (χ1) is 10.3. The molecule has 0 aliphatic carbocycles. The van der Waals surface area contributed by atoms with Crippen LogP contribution in [-0.4, -0.2) is 19.1 Å². The Balaban J connectivity index is 2.03. The minimum atomic E-state index is -0.163. The molecule has 4 nitrogen and oxygen atoms in total. The lowest BCUT2D eigenvalue weighted by molar-refractivity contribution is -0.143. The topological polar surface area (TPSA) is 62.1 Å². The van der Waals surface area contributed by atoms with Crippen molar-refractivity contribution in [2.75, 3.05) is 18.5 Å². The lowest BCUT2D eigenvalue weighted by Gasteiger charge is -2.10. The SMILES string of the molecule is CCOC(=O)CCCNc1ccc(C#N)c2ccccc12. The summed E-state index contributed by atoms with van der Waals surface area (Å²) in [5, 5.41) is 14.4. The summed E-state index contributed by atoms with van der Waals surface area (Å²) >= 11 is 0. The molecule has 0 heterocycles. The zero-order chi connectivity index (χ0) is 15.1. The molecule has 0 saturated carbocycles. The van der Waals surface area contributed by atoms with Gasteiger partial charge in [0.25, 0.3) is 0 Å². The summed E-state index contributed by atoms with van der Waals surface area (Å²) in [5.41, 5.74) is 1.65. The largest absolute Gasteiger partial charge is 0.466 e. The number of esters is 1. The summed E-state index contributed by atoms with van der Waals surface area (Å²) < 4.78 is 4.89. The second kappa shape index (κ2) is 7.30. The molecule has 0 aromatic heterocycles. The van der Waals surface area contributed by atoms with Gasteiger partial charge in [0.1, 0.15) is 0 Å². The molecule has 0 bridgehead atoms. The van der Waals surface area contributed by atoms with E-state index in [1.54, 1.807) is 6.92 Å². The Kier molecular flexibility index (Phi) is 5.16. The van der Waals surface area contributed by atoms with Gasteiger partial charge in [-0.3, -0.25) is 4.79 Å². The van der Waals surface area contributed by atoms with E-state index in [2.05, 4.69) is 11.4 Å². The van der Waals surface area contributed by atoms with Gasteiger partial charge in [-0.2, -0.15) is 5.26 Å². The lowest BCUT2D eigenvalue weighted by Crippen LogP contribution is -2.08. The van der Waals surface area contributed by atoms with Crippen LogP contribution in [0.15, 0.2) is 36.4 Å². The van der Waals surface area contributed by atoms with Crippen molar-refractivity contribution in [3.8, 4) is 6.07 Å². The van der Waals surface area contributed by atoms with Gasteiger partial charge in [0.05, 0.1) is 18.2 Å². The van der Waals surface area contributed by atoms with Gasteiger partial charge in [-0.15, -0.1) is 0 Å². The molecule has 0 fully saturated rings. The molecule has 0 unspecified atom stereocenters. The van der Waals surface area contributed by atoms with Crippen molar-refractivity contribution in [2.24, 2.45) is 0 Å². The molecule has 0 atom stereocenters. The Morgan fingerprint density at radius 3 is 2.71 bits per heavy atom. The molecule has 2 rings (SSSR count). The fraction of sp³-hybridized carbons (Fsp3) is 0.294. The number of nitrogens with zero attached hydrogens (tertiary/aromatic N) is 1. The Morgan fingerprint density at radius 1 is 1.24 bits per heavy atom. The third-order valence-corrected chi connectivity index (χ3v) is 3.22. The van der Waals surface area contributed by atoms with E-state index in [9.17, 15) is 4.79 Å². The highest BCUT2D eigenvalue weighted by atomic mass is 16.5. The first-order valence-electron chi connectivity index (χ1n) is 7.07. The highest BCUT2D eigenvalue weighted by Gasteiger charge is 2.05. The van der Waals surface area contributed by atoms with Crippen LogP contribution >= 0.6 is 0 Å². The van der Waals surface area contributed by atoms with Crippen LogP contribution < -0.4 is 5.32 Å². The van der Waals surface area contributed by atoms with E-state index < -0.39 is 0 Å². The normalized spacial score (nSPS) is 10.1. The van der Waals surface area contributed by atoms with E-state index in [1.807, 2.05) is 36.4 Å². The average molecular weight is 282 g/mol. The molecule has 2 aromatic carbocycles. The first kappa shape index (κ1) is 14.9. The number of benzene rings is 2. The number of nitriles is 1. The highest BCUT2D eigenvalue weighted by Crippen LogP contribution is 2.26. The van der Waals surface area contributed by atoms with Crippen LogP contribution in [0.5, 0.6) is 0 Å². The summed E-state index contributed by atoms with van der Waals surface area (Å²) in [4.78, 5) is 11.3. The maximum Gasteiger partial charge on any atom is 0.305 e. The Morgan fingerprint density at radius 2 is 2.00 bits per heavy atom. The maximum absolute atomic E-state index is 11.3. The Bertz CT molecular complexity index is 674. The number of anilines is 1. The van der Waals surface area contributed by atoms with E-state index in [-0.39, 0.29) is 5.97 Å². The second-order valence-corrected chi connectivity index (χ2v) is 4.65. The van der Waals surface area contributed by atoms with Gasteiger partial charge >= 0.3 is 5.97 Å². The number of hydrogen-bond acceptors (Lipinski definition) is 4. The summed E-state index contributed by atoms with van der Waals surface area (Å²) in [6, 6.07) is 13.7. The smallest absolute Gasteiger partial charge is 0.305 e. The first-order valence-corrected chi connectivity index (χ1v) is 7.07. The zero-order valence-corrected chi connectivity index (χ0v) is 12.1. The molecule has 108 valence electrons. The number of ether oxygens (including phenoxy) is 1. The van der Waals surface area contributed by atoms with Crippen molar-refractivity contribution in [1.29, 1.82) is 5.26 Å². The lowest BCUT2D eigenvalue weighted by atomic mass is 10.0. The molecular formula is C17H18N2O2. The van der Waals surface area contributed by atoms with Crippen LogP contribution in [0, 0.1) is 11.3 Å². The predicted octanol–water partition coefficient (Wildman–Crippen LogP) is 3.47. The van der Waals surface area contributed by atoms with Gasteiger partial charge in [-0.05, 0) is 25.5 Å².